The maximum Gasteiger partial charge on any atom is 0.267 e. The summed E-state index contributed by atoms with van der Waals surface area (Å²) in [7, 11) is 1.64. The van der Waals surface area contributed by atoms with Crippen LogP contribution in [-0.4, -0.2) is 23.7 Å². The second-order valence-electron chi connectivity index (χ2n) is 6.83. The van der Waals surface area contributed by atoms with E-state index in [1.54, 1.807) is 18.2 Å². The van der Waals surface area contributed by atoms with Gasteiger partial charge in [0.15, 0.2) is 0 Å². The molecule has 0 N–H and O–H groups in total. The highest BCUT2D eigenvalue weighted by Gasteiger charge is 2.32. The summed E-state index contributed by atoms with van der Waals surface area (Å²) in [6, 6.07) is 27.5. The Bertz CT molecular complexity index is 1030. The van der Waals surface area contributed by atoms with Crippen LogP contribution in [0, 0.1) is 0 Å². The molecule has 0 radical (unpaired) electrons. The number of hydrogen-bond donors (Lipinski definition) is 0. The summed E-state index contributed by atoms with van der Waals surface area (Å²) in [6.07, 6.45) is 4.08. The summed E-state index contributed by atoms with van der Waals surface area (Å²) in [6.45, 7) is 0. The van der Waals surface area contributed by atoms with Gasteiger partial charge in [-0.2, -0.15) is 5.10 Å². The average Bonchev–Trinajstić information content (AvgIpc) is 3.24. The van der Waals surface area contributed by atoms with Gasteiger partial charge in [0.2, 0.25) is 0 Å². The number of hydrogen-bond acceptors (Lipinski definition) is 3. The molecule has 0 aromatic heterocycles. The number of methoxy groups -OCH3 is 1. The Morgan fingerprint density at radius 3 is 2.28 bits per heavy atom. The van der Waals surface area contributed by atoms with E-state index >= 15 is 0 Å². The van der Waals surface area contributed by atoms with Crippen LogP contribution in [0.1, 0.15) is 29.2 Å². The van der Waals surface area contributed by atoms with Crippen molar-refractivity contribution in [3.8, 4) is 5.75 Å². The highest BCUT2D eigenvalue weighted by molar-refractivity contribution is 6.04. The highest BCUT2D eigenvalue weighted by atomic mass is 16.5. The van der Waals surface area contributed by atoms with Crippen molar-refractivity contribution < 1.29 is 9.53 Å². The molecule has 1 amide bonds. The Hall–Kier alpha value is -3.66. The zero-order valence-electron chi connectivity index (χ0n) is 16.2. The first-order chi connectivity index (χ1) is 14.2. The van der Waals surface area contributed by atoms with Gasteiger partial charge in [0.1, 0.15) is 5.75 Å². The number of hydrazone groups is 1. The van der Waals surface area contributed by atoms with E-state index in [0.29, 0.717) is 6.42 Å². The van der Waals surface area contributed by atoms with Crippen molar-refractivity contribution in [2.75, 3.05) is 7.11 Å². The fourth-order valence-corrected chi connectivity index (χ4v) is 3.41. The van der Waals surface area contributed by atoms with Crippen molar-refractivity contribution in [1.29, 1.82) is 0 Å². The molecule has 0 fully saturated rings. The normalized spacial score (nSPS) is 16.1. The molecule has 3 aromatic rings. The Morgan fingerprint density at radius 1 is 0.966 bits per heavy atom. The Balaban J connectivity index is 1.64. The van der Waals surface area contributed by atoms with E-state index in [1.807, 2.05) is 91.0 Å². The van der Waals surface area contributed by atoms with Crippen LogP contribution in [0.15, 0.2) is 96.1 Å². The molecular formula is C25H22N2O2. The number of ether oxygens (including phenoxy) is 1. The molecule has 0 spiro atoms. The van der Waals surface area contributed by atoms with Crippen molar-refractivity contribution in [3.05, 3.63) is 108 Å². The van der Waals surface area contributed by atoms with E-state index in [0.717, 1.165) is 28.2 Å². The predicted molar refractivity (Wildman–Crippen MR) is 116 cm³/mol. The molecule has 0 aliphatic carbocycles. The fraction of sp³-hybridized carbons (Fsp3) is 0.120. The molecule has 3 aromatic carbocycles. The van der Waals surface area contributed by atoms with Gasteiger partial charge in [-0.1, -0.05) is 72.8 Å². The molecule has 1 aliphatic heterocycles. The molecule has 4 heteroatoms. The lowest BCUT2D eigenvalue weighted by Crippen LogP contribution is -2.25. The lowest BCUT2D eigenvalue weighted by Gasteiger charge is -2.21. The van der Waals surface area contributed by atoms with Gasteiger partial charge in [0.25, 0.3) is 5.91 Å². The van der Waals surface area contributed by atoms with Crippen molar-refractivity contribution >= 4 is 17.7 Å². The largest absolute Gasteiger partial charge is 0.497 e. The summed E-state index contributed by atoms with van der Waals surface area (Å²) in [5, 5.41) is 6.28. The van der Waals surface area contributed by atoms with Gasteiger partial charge < -0.3 is 4.74 Å². The first-order valence-corrected chi connectivity index (χ1v) is 9.58. The quantitative estimate of drug-likeness (QED) is 0.577. The zero-order valence-corrected chi connectivity index (χ0v) is 16.2. The number of amides is 1. The number of nitrogens with zero attached hydrogens (tertiary/aromatic N) is 2. The van der Waals surface area contributed by atoms with Crippen LogP contribution in [0.3, 0.4) is 0 Å². The average molecular weight is 382 g/mol. The molecule has 29 heavy (non-hydrogen) atoms. The topological polar surface area (TPSA) is 41.9 Å². The number of benzene rings is 3. The number of rotatable bonds is 5. The highest BCUT2D eigenvalue weighted by Crippen LogP contribution is 2.33. The molecule has 1 aliphatic rings. The van der Waals surface area contributed by atoms with Crippen molar-refractivity contribution in [2.24, 2.45) is 5.10 Å². The SMILES string of the molecule is COc1ccc(C2CC(c3ccccc3)=NN2C(=O)C=Cc2ccccc2)cc1. The molecular weight excluding hydrogens is 360 g/mol. The smallest absolute Gasteiger partial charge is 0.267 e. The van der Waals surface area contributed by atoms with E-state index < -0.39 is 0 Å². The summed E-state index contributed by atoms with van der Waals surface area (Å²) >= 11 is 0. The van der Waals surface area contributed by atoms with Gasteiger partial charge in [-0.3, -0.25) is 4.79 Å². The summed E-state index contributed by atoms with van der Waals surface area (Å²) < 4.78 is 5.26. The van der Waals surface area contributed by atoms with E-state index in [9.17, 15) is 4.79 Å². The number of carbonyl (C=O) groups excluding carboxylic acids is 1. The van der Waals surface area contributed by atoms with Crippen molar-refractivity contribution in [1.82, 2.24) is 5.01 Å². The summed E-state index contributed by atoms with van der Waals surface area (Å²) in [5.74, 6) is 0.651. The van der Waals surface area contributed by atoms with E-state index in [-0.39, 0.29) is 11.9 Å². The molecule has 1 atom stereocenters. The van der Waals surface area contributed by atoms with Crippen LogP contribution >= 0.6 is 0 Å². The minimum absolute atomic E-state index is 0.138. The second-order valence-corrected chi connectivity index (χ2v) is 6.83. The lowest BCUT2D eigenvalue weighted by molar-refractivity contribution is -0.127. The minimum Gasteiger partial charge on any atom is -0.497 e. The van der Waals surface area contributed by atoms with E-state index in [1.165, 1.54) is 0 Å². The third-order valence-electron chi connectivity index (χ3n) is 4.96. The molecule has 1 unspecified atom stereocenters. The summed E-state index contributed by atoms with van der Waals surface area (Å²) in [4.78, 5) is 13.0. The molecule has 144 valence electrons. The maximum atomic E-state index is 13.0. The van der Waals surface area contributed by atoms with E-state index in [2.05, 4.69) is 5.10 Å². The summed E-state index contributed by atoms with van der Waals surface area (Å²) in [5.41, 5.74) is 3.96. The van der Waals surface area contributed by atoms with Gasteiger partial charge in [0, 0.05) is 12.5 Å². The Labute approximate surface area is 170 Å². The van der Waals surface area contributed by atoms with Crippen LogP contribution < -0.4 is 4.74 Å². The van der Waals surface area contributed by atoms with Crippen LogP contribution in [0.25, 0.3) is 6.08 Å². The van der Waals surface area contributed by atoms with Crippen LogP contribution in [0.2, 0.25) is 0 Å². The van der Waals surface area contributed by atoms with Gasteiger partial charge in [-0.25, -0.2) is 5.01 Å². The molecule has 0 bridgehead atoms. The van der Waals surface area contributed by atoms with Crippen LogP contribution in [0.4, 0.5) is 0 Å². The Kier molecular flexibility index (Phi) is 5.52. The van der Waals surface area contributed by atoms with Gasteiger partial charge in [-0.15, -0.1) is 0 Å². The first-order valence-electron chi connectivity index (χ1n) is 9.58. The monoisotopic (exact) mass is 382 g/mol. The molecule has 0 saturated carbocycles. The lowest BCUT2D eigenvalue weighted by atomic mass is 9.98. The van der Waals surface area contributed by atoms with Gasteiger partial charge in [-0.05, 0) is 34.9 Å². The first kappa shape index (κ1) is 18.7. The van der Waals surface area contributed by atoms with Crippen molar-refractivity contribution in [2.45, 2.75) is 12.5 Å². The molecule has 0 saturated heterocycles. The third kappa shape index (κ3) is 4.27. The standard InChI is InChI=1S/C25H22N2O2/c1-29-22-15-13-21(14-16-22)24-18-23(20-10-6-3-7-11-20)26-27(24)25(28)17-12-19-8-4-2-5-9-19/h2-17,24H,18H2,1H3. The molecule has 4 nitrogen and oxygen atoms in total. The fourth-order valence-electron chi connectivity index (χ4n) is 3.41. The van der Waals surface area contributed by atoms with E-state index in [4.69, 9.17) is 4.74 Å². The van der Waals surface area contributed by atoms with Crippen molar-refractivity contribution in [3.63, 3.8) is 0 Å². The zero-order chi connectivity index (χ0) is 20.1. The number of carbonyl (C=O) groups is 1. The van der Waals surface area contributed by atoms with Gasteiger partial charge in [0.05, 0.1) is 18.9 Å². The Morgan fingerprint density at radius 2 is 1.62 bits per heavy atom. The molecule has 4 rings (SSSR count). The minimum atomic E-state index is -0.149. The molecule has 1 heterocycles. The second kappa shape index (κ2) is 8.57. The van der Waals surface area contributed by atoms with Gasteiger partial charge >= 0.3 is 0 Å². The third-order valence-corrected chi connectivity index (χ3v) is 4.96. The van der Waals surface area contributed by atoms with Crippen LogP contribution in [0.5, 0.6) is 5.75 Å². The predicted octanol–water partition coefficient (Wildman–Crippen LogP) is 5.09. The maximum absolute atomic E-state index is 13.0. The van der Waals surface area contributed by atoms with Crippen LogP contribution in [-0.2, 0) is 4.79 Å².